The van der Waals surface area contributed by atoms with Gasteiger partial charge in [-0.1, -0.05) is 11.6 Å². The van der Waals surface area contributed by atoms with Crippen LogP contribution in [0.2, 0.25) is 5.15 Å². The molecule has 1 saturated carbocycles. The van der Waals surface area contributed by atoms with Gasteiger partial charge in [0.25, 0.3) is 0 Å². The summed E-state index contributed by atoms with van der Waals surface area (Å²) in [5.74, 6) is 1.26. The maximum atomic E-state index is 12.7. The highest BCUT2D eigenvalue weighted by Gasteiger charge is 2.50. The molecule has 1 aliphatic carbocycles. The van der Waals surface area contributed by atoms with Crippen LogP contribution in [-0.4, -0.2) is 63.6 Å². The zero-order chi connectivity index (χ0) is 17.7. The second-order valence-electron chi connectivity index (χ2n) is 7.37. The quantitative estimate of drug-likeness (QED) is 0.825. The Bertz CT molecular complexity index is 747. The summed E-state index contributed by atoms with van der Waals surface area (Å²) in [5.41, 5.74) is 0.147. The second kappa shape index (κ2) is 6.03. The first kappa shape index (κ1) is 16.4. The molecule has 0 N–H and O–H groups in total. The maximum absolute atomic E-state index is 12.7. The first-order valence-electron chi connectivity index (χ1n) is 8.76. The van der Waals surface area contributed by atoms with Gasteiger partial charge in [-0.3, -0.25) is 0 Å². The Morgan fingerprint density at radius 2 is 2.00 bits per heavy atom. The maximum Gasteiger partial charge on any atom is 0.320 e. The van der Waals surface area contributed by atoms with E-state index >= 15 is 0 Å². The SMILES string of the molecule is CC(C)N1CCN(C2CC3CC2N(c2cnc(C#N)c(Cl)n2)C3)C1=O. The summed E-state index contributed by atoms with van der Waals surface area (Å²) in [5, 5.41) is 9.11. The molecule has 0 radical (unpaired) electrons. The van der Waals surface area contributed by atoms with Crippen LogP contribution in [0.15, 0.2) is 6.20 Å². The van der Waals surface area contributed by atoms with Gasteiger partial charge in [0.2, 0.25) is 0 Å². The van der Waals surface area contributed by atoms with E-state index in [2.05, 4.69) is 28.7 Å². The number of rotatable bonds is 3. The summed E-state index contributed by atoms with van der Waals surface area (Å²) in [6, 6.07) is 2.78. The van der Waals surface area contributed by atoms with Crippen LogP contribution in [-0.2, 0) is 0 Å². The minimum Gasteiger partial charge on any atom is -0.350 e. The number of anilines is 1. The lowest BCUT2D eigenvalue weighted by molar-refractivity contribution is 0.162. The van der Waals surface area contributed by atoms with Crippen molar-refractivity contribution >= 4 is 23.4 Å². The fraction of sp³-hybridized carbons (Fsp3) is 0.647. The molecule has 132 valence electrons. The van der Waals surface area contributed by atoms with Crippen LogP contribution < -0.4 is 4.90 Å². The van der Waals surface area contributed by atoms with Gasteiger partial charge in [0.1, 0.15) is 11.9 Å². The molecule has 2 amide bonds. The van der Waals surface area contributed by atoms with Gasteiger partial charge in [-0.15, -0.1) is 0 Å². The molecule has 0 spiro atoms. The Balaban J connectivity index is 1.56. The van der Waals surface area contributed by atoms with Crippen molar-refractivity contribution in [3.63, 3.8) is 0 Å². The number of nitriles is 1. The third-order valence-corrected chi connectivity index (χ3v) is 5.93. The van der Waals surface area contributed by atoms with Crippen molar-refractivity contribution < 1.29 is 4.79 Å². The highest BCUT2D eigenvalue weighted by Crippen LogP contribution is 2.43. The number of carbonyl (C=O) groups is 1. The molecule has 3 unspecified atom stereocenters. The van der Waals surface area contributed by atoms with Crippen LogP contribution >= 0.6 is 11.6 Å². The molecule has 7 nitrogen and oxygen atoms in total. The molecular weight excluding hydrogens is 340 g/mol. The highest BCUT2D eigenvalue weighted by molar-refractivity contribution is 6.30. The summed E-state index contributed by atoms with van der Waals surface area (Å²) >= 11 is 6.06. The number of halogens is 1. The summed E-state index contributed by atoms with van der Waals surface area (Å²) in [7, 11) is 0. The number of urea groups is 1. The van der Waals surface area contributed by atoms with E-state index in [1.807, 2.05) is 15.9 Å². The molecule has 0 aromatic carbocycles. The van der Waals surface area contributed by atoms with E-state index in [1.54, 1.807) is 6.20 Å². The fourth-order valence-electron chi connectivity index (χ4n) is 4.52. The molecule has 3 heterocycles. The molecular formula is C17H21ClN6O. The van der Waals surface area contributed by atoms with Gasteiger partial charge in [-0.2, -0.15) is 5.26 Å². The normalized spacial score (nSPS) is 28.4. The van der Waals surface area contributed by atoms with Gasteiger partial charge >= 0.3 is 6.03 Å². The van der Waals surface area contributed by atoms with E-state index in [1.165, 1.54) is 0 Å². The van der Waals surface area contributed by atoms with Crippen molar-refractivity contribution in [2.75, 3.05) is 24.5 Å². The van der Waals surface area contributed by atoms with Crippen LogP contribution in [0, 0.1) is 17.2 Å². The molecule has 2 saturated heterocycles. The fourth-order valence-corrected chi connectivity index (χ4v) is 4.70. The van der Waals surface area contributed by atoms with Gasteiger partial charge in [0.05, 0.1) is 18.3 Å². The van der Waals surface area contributed by atoms with Gasteiger partial charge in [-0.05, 0) is 32.6 Å². The Morgan fingerprint density at radius 1 is 1.28 bits per heavy atom. The molecule has 25 heavy (non-hydrogen) atoms. The second-order valence-corrected chi connectivity index (χ2v) is 7.73. The molecule has 3 aliphatic rings. The lowest BCUT2D eigenvalue weighted by atomic mass is 10.0. The number of nitrogens with zero attached hydrogens (tertiary/aromatic N) is 6. The minimum absolute atomic E-state index is 0.141. The molecule has 3 atom stereocenters. The molecule has 2 bridgehead atoms. The van der Waals surface area contributed by atoms with Crippen molar-refractivity contribution in [2.45, 2.75) is 44.8 Å². The molecule has 1 aromatic rings. The van der Waals surface area contributed by atoms with E-state index in [4.69, 9.17) is 16.9 Å². The number of piperidine rings is 1. The predicted molar refractivity (Wildman–Crippen MR) is 93.3 cm³/mol. The molecule has 1 aromatic heterocycles. The topological polar surface area (TPSA) is 76.4 Å². The van der Waals surface area contributed by atoms with Crippen molar-refractivity contribution in [1.29, 1.82) is 5.26 Å². The number of aromatic nitrogens is 2. The van der Waals surface area contributed by atoms with Crippen molar-refractivity contribution in [2.24, 2.45) is 5.92 Å². The number of hydrogen-bond donors (Lipinski definition) is 0. The number of amides is 2. The Labute approximate surface area is 152 Å². The van der Waals surface area contributed by atoms with Gasteiger partial charge in [0.15, 0.2) is 10.8 Å². The van der Waals surface area contributed by atoms with Crippen LogP contribution in [0.4, 0.5) is 10.6 Å². The summed E-state index contributed by atoms with van der Waals surface area (Å²) in [6.45, 7) is 6.62. The largest absolute Gasteiger partial charge is 0.350 e. The van der Waals surface area contributed by atoms with Crippen LogP contribution in [0.3, 0.4) is 0 Å². The number of hydrogen-bond acceptors (Lipinski definition) is 5. The third-order valence-electron chi connectivity index (χ3n) is 5.66. The summed E-state index contributed by atoms with van der Waals surface area (Å²) in [6.07, 6.45) is 3.74. The van der Waals surface area contributed by atoms with E-state index in [-0.39, 0.29) is 35.0 Å². The highest BCUT2D eigenvalue weighted by atomic mass is 35.5. The van der Waals surface area contributed by atoms with Crippen molar-refractivity contribution in [3.8, 4) is 6.07 Å². The monoisotopic (exact) mass is 360 g/mol. The zero-order valence-corrected chi connectivity index (χ0v) is 15.1. The lowest BCUT2D eigenvalue weighted by Gasteiger charge is -2.38. The van der Waals surface area contributed by atoms with Crippen molar-refractivity contribution in [3.05, 3.63) is 17.0 Å². The Morgan fingerprint density at radius 3 is 2.56 bits per heavy atom. The number of fused-ring (bicyclic) bond motifs is 2. The Kier molecular flexibility index (Phi) is 3.95. The Hall–Kier alpha value is -2.07. The van der Waals surface area contributed by atoms with Crippen LogP contribution in [0.25, 0.3) is 0 Å². The van der Waals surface area contributed by atoms with E-state index in [0.29, 0.717) is 11.7 Å². The smallest absolute Gasteiger partial charge is 0.320 e. The van der Waals surface area contributed by atoms with E-state index in [0.717, 1.165) is 32.5 Å². The van der Waals surface area contributed by atoms with Gasteiger partial charge in [0, 0.05) is 25.7 Å². The summed E-state index contributed by atoms with van der Waals surface area (Å²) < 4.78 is 0. The first-order chi connectivity index (χ1) is 12.0. The van der Waals surface area contributed by atoms with E-state index in [9.17, 15) is 4.79 Å². The van der Waals surface area contributed by atoms with Crippen LogP contribution in [0.5, 0.6) is 0 Å². The third kappa shape index (κ3) is 2.60. The predicted octanol–water partition coefficient (Wildman–Crippen LogP) is 2.11. The molecule has 3 fully saturated rings. The van der Waals surface area contributed by atoms with Crippen molar-refractivity contribution in [1.82, 2.24) is 19.8 Å². The van der Waals surface area contributed by atoms with E-state index < -0.39 is 0 Å². The minimum atomic E-state index is 0.141. The standard InChI is InChI=1S/C17H21ClN6O/c1-10(2)22-3-4-23(17(22)25)13-5-11-6-14(13)24(9-11)15-8-20-12(7-19)16(18)21-15/h8,10-11,13-14H,3-6,9H2,1-2H3. The van der Waals surface area contributed by atoms with Gasteiger partial charge < -0.3 is 14.7 Å². The lowest BCUT2D eigenvalue weighted by Crippen LogP contribution is -2.52. The number of carbonyl (C=O) groups excluding carboxylic acids is 1. The average molecular weight is 361 g/mol. The molecule has 8 heteroatoms. The van der Waals surface area contributed by atoms with Crippen LogP contribution in [0.1, 0.15) is 32.4 Å². The summed E-state index contributed by atoms with van der Waals surface area (Å²) in [4.78, 5) is 27.4. The molecule has 2 aliphatic heterocycles. The molecule has 4 rings (SSSR count). The average Bonchev–Trinajstić information content (AvgIpc) is 3.27. The first-order valence-corrected chi connectivity index (χ1v) is 9.14. The van der Waals surface area contributed by atoms with Gasteiger partial charge in [-0.25, -0.2) is 14.8 Å². The zero-order valence-electron chi connectivity index (χ0n) is 14.4.